The number of furan rings is 2. The quantitative estimate of drug-likeness (QED) is 0.198. The average molecular weight is 613 g/mol. The summed E-state index contributed by atoms with van der Waals surface area (Å²) in [6.07, 6.45) is 0. The summed E-state index contributed by atoms with van der Waals surface area (Å²) < 4.78 is 12.9. The number of benzene rings is 7. The minimum absolute atomic E-state index is 0.652. The SMILES string of the molecule is N#Cc1cccc(-c2ccc(-c3ccc4oc5c(ccc6c7cc(-c8ccc(-c9cccc(C#N)c9)cc8)ccc7oc65)c4c3)cc2)c1. The van der Waals surface area contributed by atoms with Crippen LogP contribution in [0.1, 0.15) is 11.1 Å². The Balaban J connectivity index is 1.07. The van der Waals surface area contributed by atoms with Crippen LogP contribution < -0.4 is 0 Å². The first-order chi connectivity index (χ1) is 23.6. The summed E-state index contributed by atoms with van der Waals surface area (Å²) in [5, 5.41) is 22.7. The van der Waals surface area contributed by atoms with E-state index in [9.17, 15) is 10.5 Å². The smallest absolute Gasteiger partial charge is 0.178 e. The molecule has 0 spiro atoms. The van der Waals surface area contributed by atoms with Gasteiger partial charge in [0.1, 0.15) is 11.2 Å². The highest BCUT2D eigenvalue weighted by Crippen LogP contribution is 2.41. The number of nitriles is 2. The standard InChI is InChI=1S/C44H24N2O2/c45-25-27-3-1-5-33(21-27)29-7-11-31(12-8-29)35-15-19-41-39(23-35)37-17-18-38-40-24-36(16-20-42(40)48-44(38)43(37)47-41)32-13-9-30(10-14-32)34-6-2-4-28(22-34)26-46/h1-24H. The van der Waals surface area contributed by atoms with Crippen LogP contribution in [-0.4, -0.2) is 0 Å². The maximum atomic E-state index is 9.28. The van der Waals surface area contributed by atoms with Crippen molar-refractivity contribution in [3.8, 4) is 56.6 Å². The maximum Gasteiger partial charge on any atom is 0.178 e. The summed E-state index contributed by atoms with van der Waals surface area (Å²) in [7, 11) is 0. The van der Waals surface area contributed by atoms with E-state index in [-0.39, 0.29) is 0 Å². The number of rotatable bonds is 4. The molecule has 0 N–H and O–H groups in total. The third kappa shape index (κ3) is 4.52. The fourth-order valence-corrected chi connectivity index (χ4v) is 6.67. The van der Waals surface area contributed by atoms with E-state index in [1.807, 2.05) is 60.7 Å². The second-order valence-electron chi connectivity index (χ2n) is 12.0. The molecule has 0 atom stereocenters. The Labute approximate surface area is 275 Å². The predicted octanol–water partition coefficient (Wildman–Crippen LogP) is 11.9. The van der Waals surface area contributed by atoms with Crippen molar-refractivity contribution in [1.29, 1.82) is 10.5 Å². The second-order valence-corrected chi connectivity index (χ2v) is 12.0. The Kier molecular flexibility index (Phi) is 6.22. The van der Waals surface area contributed by atoms with E-state index < -0.39 is 0 Å². The van der Waals surface area contributed by atoms with Crippen molar-refractivity contribution in [3.05, 3.63) is 157 Å². The fourth-order valence-electron chi connectivity index (χ4n) is 6.67. The molecular weight excluding hydrogens is 588 g/mol. The van der Waals surface area contributed by atoms with Crippen LogP contribution in [-0.2, 0) is 0 Å². The monoisotopic (exact) mass is 612 g/mol. The summed E-state index contributed by atoms with van der Waals surface area (Å²) >= 11 is 0. The van der Waals surface area contributed by atoms with Gasteiger partial charge in [0.25, 0.3) is 0 Å². The van der Waals surface area contributed by atoms with Crippen molar-refractivity contribution < 1.29 is 8.83 Å². The predicted molar refractivity (Wildman–Crippen MR) is 192 cm³/mol. The van der Waals surface area contributed by atoms with Crippen LogP contribution in [0.4, 0.5) is 0 Å². The number of nitrogens with zero attached hydrogens (tertiary/aromatic N) is 2. The van der Waals surface area contributed by atoms with Crippen molar-refractivity contribution in [2.24, 2.45) is 0 Å². The van der Waals surface area contributed by atoms with Gasteiger partial charge in [-0.3, -0.25) is 0 Å². The summed E-state index contributed by atoms with van der Waals surface area (Å²) in [4.78, 5) is 0. The van der Waals surface area contributed by atoms with Gasteiger partial charge in [0, 0.05) is 21.5 Å². The molecule has 0 aliphatic carbocycles. The summed E-state index contributed by atoms with van der Waals surface area (Å²) in [6, 6.07) is 53.5. The minimum Gasteiger partial charge on any atom is -0.452 e. The molecule has 4 nitrogen and oxygen atoms in total. The number of hydrogen-bond acceptors (Lipinski definition) is 4. The second kappa shape index (κ2) is 10.9. The molecule has 4 heteroatoms. The first-order valence-corrected chi connectivity index (χ1v) is 15.7. The van der Waals surface area contributed by atoms with Gasteiger partial charge in [0.2, 0.25) is 0 Å². The zero-order valence-electron chi connectivity index (χ0n) is 25.6. The number of hydrogen-bond donors (Lipinski definition) is 0. The van der Waals surface area contributed by atoms with Crippen LogP contribution in [0.3, 0.4) is 0 Å². The lowest BCUT2D eigenvalue weighted by molar-refractivity contribution is 0.633. The van der Waals surface area contributed by atoms with Crippen LogP contribution in [0.5, 0.6) is 0 Å². The molecule has 0 unspecified atom stereocenters. The highest BCUT2D eigenvalue weighted by molar-refractivity contribution is 6.19. The van der Waals surface area contributed by atoms with Crippen molar-refractivity contribution in [3.63, 3.8) is 0 Å². The zero-order valence-corrected chi connectivity index (χ0v) is 25.6. The van der Waals surface area contributed by atoms with Gasteiger partial charge in [-0.05, 0) is 105 Å². The van der Waals surface area contributed by atoms with E-state index in [1.54, 1.807) is 0 Å². The molecule has 2 heterocycles. The maximum absolute atomic E-state index is 9.28. The number of fused-ring (bicyclic) bond motifs is 7. The molecule has 9 aromatic rings. The van der Waals surface area contributed by atoms with Gasteiger partial charge in [-0.25, -0.2) is 0 Å². The van der Waals surface area contributed by atoms with E-state index in [0.29, 0.717) is 11.1 Å². The molecule has 0 amide bonds. The average Bonchev–Trinajstić information content (AvgIpc) is 3.73. The van der Waals surface area contributed by atoms with Gasteiger partial charge in [-0.2, -0.15) is 10.5 Å². The molecule has 0 fully saturated rings. The van der Waals surface area contributed by atoms with Gasteiger partial charge in [-0.15, -0.1) is 0 Å². The van der Waals surface area contributed by atoms with Gasteiger partial charge in [0.05, 0.1) is 23.3 Å². The lowest BCUT2D eigenvalue weighted by atomic mass is 9.98. The Morgan fingerprint density at radius 2 is 0.688 bits per heavy atom. The highest BCUT2D eigenvalue weighted by atomic mass is 16.4. The van der Waals surface area contributed by atoms with Gasteiger partial charge in [0.15, 0.2) is 11.2 Å². The van der Waals surface area contributed by atoms with Crippen LogP contribution in [0.15, 0.2) is 154 Å². The lowest BCUT2D eigenvalue weighted by Gasteiger charge is -2.06. The Morgan fingerprint density at radius 1 is 0.333 bits per heavy atom. The molecule has 2 aromatic heterocycles. The molecule has 48 heavy (non-hydrogen) atoms. The molecule has 0 saturated carbocycles. The van der Waals surface area contributed by atoms with Gasteiger partial charge in [-0.1, -0.05) is 84.9 Å². The Hall–Kier alpha value is -6.88. The van der Waals surface area contributed by atoms with E-state index in [1.165, 1.54) is 0 Å². The van der Waals surface area contributed by atoms with E-state index in [4.69, 9.17) is 8.83 Å². The molecule has 0 radical (unpaired) electrons. The van der Waals surface area contributed by atoms with Crippen molar-refractivity contribution in [1.82, 2.24) is 0 Å². The van der Waals surface area contributed by atoms with E-state index in [2.05, 4.69) is 97.1 Å². The molecule has 0 aliphatic heterocycles. The van der Waals surface area contributed by atoms with Crippen molar-refractivity contribution in [2.75, 3.05) is 0 Å². The topological polar surface area (TPSA) is 73.9 Å². The first-order valence-electron chi connectivity index (χ1n) is 15.7. The molecular formula is C44H24N2O2. The van der Waals surface area contributed by atoms with Crippen LogP contribution in [0.25, 0.3) is 88.4 Å². The fraction of sp³-hybridized carbons (Fsp3) is 0. The van der Waals surface area contributed by atoms with Crippen LogP contribution in [0.2, 0.25) is 0 Å². The van der Waals surface area contributed by atoms with Crippen LogP contribution >= 0.6 is 0 Å². The molecule has 0 bridgehead atoms. The van der Waals surface area contributed by atoms with Crippen LogP contribution in [0, 0.1) is 22.7 Å². The van der Waals surface area contributed by atoms with Gasteiger partial charge >= 0.3 is 0 Å². The van der Waals surface area contributed by atoms with Gasteiger partial charge < -0.3 is 8.83 Å². The Morgan fingerprint density at radius 3 is 1.06 bits per heavy atom. The van der Waals surface area contributed by atoms with E-state index >= 15 is 0 Å². The molecule has 0 aliphatic rings. The normalized spacial score (nSPS) is 11.3. The third-order valence-electron chi connectivity index (χ3n) is 9.16. The zero-order chi connectivity index (χ0) is 32.2. The molecule has 9 rings (SSSR count). The molecule has 7 aromatic carbocycles. The summed E-state index contributed by atoms with van der Waals surface area (Å²) in [5.41, 5.74) is 13.0. The van der Waals surface area contributed by atoms with Crippen molar-refractivity contribution >= 4 is 43.9 Å². The summed E-state index contributed by atoms with van der Waals surface area (Å²) in [6.45, 7) is 0. The minimum atomic E-state index is 0.652. The highest BCUT2D eigenvalue weighted by Gasteiger charge is 2.17. The summed E-state index contributed by atoms with van der Waals surface area (Å²) in [5.74, 6) is 0. The lowest BCUT2D eigenvalue weighted by Crippen LogP contribution is -1.82. The molecule has 0 saturated heterocycles. The third-order valence-corrected chi connectivity index (χ3v) is 9.16. The molecule has 222 valence electrons. The van der Waals surface area contributed by atoms with E-state index in [0.717, 1.165) is 88.4 Å². The Bertz CT molecular complexity index is 2590. The largest absolute Gasteiger partial charge is 0.452 e. The first kappa shape index (κ1) is 27.4. The van der Waals surface area contributed by atoms with Crippen molar-refractivity contribution in [2.45, 2.75) is 0 Å².